The van der Waals surface area contributed by atoms with Gasteiger partial charge in [0.1, 0.15) is 0 Å². The third-order valence-electron chi connectivity index (χ3n) is 1.89. The third kappa shape index (κ3) is 2.31. The van der Waals surface area contributed by atoms with Crippen molar-refractivity contribution in [3.8, 4) is 11.5 Å². The summed E-state index contributed by atoms with van der Waals surface area (Å²) < 4.78 is 10.3. The Balaban J connectivity index is 3.05. The van der Waals surface area contributed by atoms with Crippen LogP contribution in [0.4, 0.5) is 0 Å². The quantitative estimate of drug-likeness (QED) is 0.753. The van der Waals surface area contributed by atoms with Crippen molar-refractivity contribution in [1.29, 1.82) is 0 Å². The van der Waals surface area contributed by atoms with E-state index < -0.39 is 0 Å². The van der Waals surface area contributed by atoms with Gasteiger partial charge in [0.05, 0.1) is 14.2 Å². The average Bonchev–Trinajstić information content (AvgIpc) is 2.16. The molecule has 0 heterocycles. The van der Waals surface area contributed by atoms with Gasteiger partial charge in [0.2, 0.25) is 0 Å². The second-order valence-corrected chi connectivity index (χ2v) is 3.56. The summed E-state index contributed by atoms with van der Waals surface area (Å²) in [4.78, 5) is 0. The predicted molar refractivity (Wildman–Crippen MR) is 56.9 cm³/mol. The smallest absolute Gasteiger partial charge is 0.161 e. The first kappa shape index (κ1) is 10.3. The van der Waals surface area contributed by atoms with Crippen molar-refractivity contribution in [1.82, 2.24) is 0 Å². The lowest BCUT2D eigenvalue weighted by Crippen LogP contribution is -1.92. The molecule has 0 aliphatic carbocycles. The summed E-state index contributed by atoms with van der Waals surface area (Å²) in [5, 5.41) is 0.208. The number of benzene rings is 1. The first-order chi connectivity index (χ1) is 6.19. The van der Waals surface area contributed by atoms with Gasteiger partial charge in [-0.05, 0) is 24.6 Å². The maximum Gasteiger partial charge on any atom is 0.161 e. The van der Waals surface area contributed by atoms with E-state index in [0.717, 1.165) is 17.1 Å². The van der Waals surface area contributed by atoms with E-state index in [4.69, 9.17) is 9.47 Å². The molecule has 1 unspecified atom stereocenters. The standard InChI is InChI=1S/C10H14O2S/c1-7(13)8-4-5-9(11-2)10(6-8)12-3/h4-7,13H,1-3H3. The number of hydrogen-bond donors (Lipinski definition) is 1. The molecule has 0 bridgehead atoms. The molecule has 0 fully saturated rings. The van der Waals surface area contributed by atoms with Crippen LogP contribution in [-0.2, 0) is 0 Å². The SMILES string of the molecule is COc1ccc(C(C)S)cc1OC. The molecule has 0 N–H and O–H groups in total. The molecule has 0 amide bonds. The molecule has 0 aromatic heterocycles. The van der Waals surface area contributed by atoms with E-state index in [0.29, 0.717) is 0 Å². The van der Waals surface area contributed by atoms with Crippen molar-refractivity contribution >= 4 is 12.6 Å². The highest BCUT2D eigenvalue weighted by Crippen LogP contribution is 2.31. The molecule has 0 spiro atoms. The first-order valence-corrected chi connectivity index (χ1v) is 4.60. The van der Waals surface area contributed by atoms with Crippen molar-refractivity contribution < 1.29 is 9.47 Å². The molecule has 0 saturated heterocycles. The van der Waals surface area contributed by atoms with E-state index in [-0.39, 0.29) is 5.25 Å². The lowest BCUT2D eigenvalue weighted by atomic mass is 10.1. The molecule has 3 heteroatoms. The van der Waals surface area contributed by atoms with Crippen LogP contribution < -0.4 is 9.47 Å². The van der Waals surface area contributed by atoms with Gasteiger partial charge >= 0.3 is 0 Å². The molecule has 0 radical (unpaired) electrons. The summed E-state index contributed by atoms with van der Waals surface area (Å²) in [7, 11) is 3.26. The Bertz CT molecular complexity index is 284. The van der Waals surface area contributed by atoms with Crippen molar-refractivity contribution in [3.63, 3.8) is 0 Å². The summed E-state index contributed by atoms with van der Waals surface area (Å²) in [6.45, 7) is 2.02. The molecular weight excluding hydrogens is 184 g/mol. The summed E-state index contributed by atoms with van der Waals surface area (Å²) in [6, 6.07) is 5.82. The van der Waals surface area contributed by atoms with E-state index in [9.17, 15) is 0 Å². The van der Waals surface area contributed by atoms with Gasteiger partial charge in [0.25, 0.3) is 0 Å². The molecule has 1 rings (SSSR count). The molecule has 0 aliphatic heterocycles. The Morgan fingerprint density at radius 1 is 1.15 bits per heavy atom. The van der Waals surface area contributed by atoms with Crippen LogP contribution in [0, 0.1) is 0 Å². The monoisotopic (exact) mass is 198 g/mol. The van der Waals surface area contributed by atoms with Crippen LogP contribution in [0.15, 0.2) is 18.2 Å². The summed E-state index contributed by atoms with van der Waals surface area (Å²) in [6.07, 6.45) is 0. The number of rotatable bonds is 3. The zero-order valence-corrected chi connectivity index (χ0v) is 8.97. The Morgan fingerprint density at radius 3 is 2.23 bits per heavy atom. The van der Waals surface area contributed by atoms with Gasteiger partial charge in [0.15, 0.2) is 11.5 Å². The maximum absolute atomic E-state index is 5.17. The van der Waals surface area contributed by atoms with E-state index in [1.807, 2.05) is 25.1 Å². The molecule has 1 atom stereocenters. The largest absolute Gasteiger partial charge is 0.493 e. The summed E-state index contributed by atoms with van der Waals surface area (Å²) in [5.74, 6) is 1.50. The zero-order chi connectivity index (χ0) is 9.84. The maximum atomic E-state index is 5.17. The van der Waals surface area contributed by atoms with Gasteiger partial charge < -0.3 is 9.47 Å². The second-order valence-electron chi connectivity index (χ2n) is 2.79. The molecule has 2 nitrogen and oxygen atoms in total. The summed E-state index contributed by atoms with van der Waals surface area (Å²) >= 11 is 4.34. The highest BCUT2D eigenvalue weighted by Gasteiger charge is 2.06. The molecule has 13 heavy (non-hydrogen) atoms. The number of hydrogen-bond acceptors (Lipinski definition) is 3. The fraction of sp³-hybridized carbons (Fsp3) is 0.400. The summed E-state index contributed by atoms with van der Waals surface area (Å²) in [5.41, 5.74) is 1.13. The van der Waals surface area contributed by atoms with Gasteiger partial charge in [-0.2, -0.15) is 12.6 Å². The minimum atomic E-state index is 0.208. The molecule has 72 valence electrons. The van der Waals surface area contributed by atoms with Gasteiger partial charge in [-0.15, -0.1) is 0 Å². The van der Waals surface area contributed by atoms with Crippen LogP contribution in [0.1, 0.15) is 17.7 Å². The minimum absolute atomic E-state index is 0.208. The fourth-order valence-electron chi connectivity index (χ4n) is 1.11. The van der Waals surface area contributed by atoms with Crippen molar-refractivity contribution in [2.24, 2.45) is 0 Å². The Labute approximate surface area is 84.3 Å². The highest BCUT2D eigenvalue weighted by atomic mass is 32.1. The van der Waals surface area contributed by atoms with Crippen molar-refractivity contribution in [3.05, 3.63) is 23.8 Å². The van der Waals surface area contributed by atoms with Crippen LogP contribution in [-0.4, -0.2) is 14.2 Å². The van der Waals surface area contributed by atoms with E-state index in [2.05, 4.69) is 12.6 Å². The first-order valence-electron chi connectivity index (χ1n) is 4.09. The Kier molecular flexibility index (Phi) is 3.48. The van der Waals surface area contributed by atoms with Crippen molar-refractivity contribution in [2.45, 2.75) is 12.2 Å². The van der Waals surface area contributed by atoms with Crippen LogP contribution >= 0.6 is 12.6 Å². The van der Waals surface area contributed by atoms with Crippen LogP contribution in [0.3, 0.4) is 0 Å². The molecule has 1 aromatic rings. The van der Waals surface area contributed by atoms with Crippen LogP contribution in [0.5, 0.6) is 11.5 Å². The van der Waals surface area contributed by atoms with Crippen LogP contribution in [0.25, 0.3) is 0 Å². The Hall–Kier alpha value is -0.830. The second kappa shape index (κ2) is 4.42. The van der Waals surface area contributed by atoms with Gasteiger partial charge in [-0.3, -0.25) is 0 Å². The van der Waals surface area contributed by atoms with Gasteiger partial charge in [-0.25, -0.2) is 0 Å². The number of methoxy groups -OCH3 is 2. The van der Waals surface area contributed by atoms with Gasteiger partial charge in [0, 0.05) is 5.25 Å². The lowest BCUT2D eigenvalue weighted by Gasteiger charge is -2.10. The van der Waals surface area contributed by atoms with Gasteiger partial charge in [-0.1, -0.05) is 6.07 Å². The van der Waals surface area contributed by atoms with E-state index in [1.54, 1.807) is 14.2 Å². The number of thiol groups is 1. The molecular formula is C10H14O2S. The van der Waals surface area contributed by atoms with Crippen molar-refractivity contribution in [2.75, 3.05) is 14.2 Å². The molecule has 1 aromatic carbocycles. The average molecular weight is 198 g/mol. The minimum Gasteiger partial charge on any atom is -0.493 e. The number of ether oxygens (including phenoxy) is 2. The fourth-order valence-corrected chi connectivity index (χ4v) is 1.27. The topological polar surface area (TPSA) is 18.5 Å². The molecule has 0 saturated carbocycles. The molecule has 0 aliphatic rings. The van der Waals surface area contributed by atoms with Crippen LogP contribution in [0.2, 0.25) is 0 Å². The Morgan fingerprint density at radius 2 is 1.77 bits per heavy atom. The predicted octanol–water partition coefficient (Wildman–Crippen LogP) is 2.69. The highest BCUT2D eigenvalue weighted by molar-refractivity contribution is 7.80. The normalized spacial score (nSPS) is 12.3. The van der Waals surface area contributed by atoms with E-state index in [1.165, 1.54) is 0 Å². The van der Waals surface area contributed by atoms with E-state index >= 15 is 0 Å². The third-order valence-corrected chi connectivity index (χ3v) is 2.19. The zero-order valence-electron chi connectivity index (χ0n) is 8.07. The lowest BCUT2D eigenvalue weighted by molar-refractivity contribution is 0.354.